The molecule has 2 amide bonds. The van der Waals surface area contributed by atoms with Gasteiger partial charge in [-0.05, 0) is 39.0 Å². The Bertz CT molecular complexity index is 298. The van der Waals surface area contributed by atoms with Crippen LogP contribution in [0.3, 0.4) is 0 Å². The van der Waals surface area contributed by atoms with Gasteiger partial charge in [0.2, 0.25) is 0 Å². The van der Waals surface area contributed by atoms with Gasteiger partial charge in [-0.25, -0.2) is 4.79 Å². The third-order valence-electron chi connectivity index (χ3n) is 3.38. The molecule has 0 aromatic rings. The Kier molecular flexibility index (Phi) is 4.37. The highest BCUT2D eigenvalue weighted by atomic mass is 16.4. The zero-order chi connectivity index (χ0) is 13.1. The van der Waals surface area contributed by atoms with Gasteiger partial charge in [-0.15, -0.1) is 0 Å². The van der Waals surface area contributed by atoms with Gasteiger partial charge in [-0.3, -0.25) is 4.79 Å². The summed E-state index contributed by atoms with van der Waals surface area (Å²) in [6.07, 6.45) is 2.82. The van der Waals surface area contributed by atoms with Crippen LogP contribution in [0.15, 0.2) is 0 Å². The number of carbonyl (C=O) groups is 2. The minimum absolute atomic E-state index is 0.179. The molecule has 17 heavy (non-hydrogen) atoms. The van der Waals surface area contributed by atoms with Crippen LogP contribution < -0.4 is 10.6 Å². The van der Waals surface area contributed by atoms with Crippen LogP contribution in [-0.4, -0.2) is 29.2 Å². The average Bonchev–Trinajstić information content (AvgIpc) is 3.00. The standard InChI is InChI=1S/C12H22N2O3/c1-4-8(10(15)16)7-13-11(17)14-12(2,3)9-5-6-9/h8-9H,4-7H2,1-3H3,(H,15,16)(H2,13,14,17). The number of amides is 2. The number of rotatable bonds is 6. The molecular weight excluding hydrogens is 220 g/mol. The van der Waals surface area contributed by atoms with Crippen molar-refractivity contribution >= 4 is 12.0 Å². The predicted molar refractivity (Wildman–Crippen MR) is 64.8 cm³/mol. The summed E-state index contributed by atoms with van der Waals surface area (Å²) in [5.41, 5.74) is -0.199. The van der Waals surface area contributed by atoms with Gasteiger partial charge >= 0.3 is 12.0 Å². The molecule has 1 aliphatic carbocycles. The van der Waals surface area contributed by atoms with Crippen LogP contribution >= 0.6 is 0 Å². The fraction of sp³-hybridized carbons (Fsp3) is 0.833. The first-order valence-electron chi connectivity index (χ1n) is 6.15. The Morgan fingerprint density at radius 3 is 2.41 bits per heavy atom. The summed E-state index contributed by atoms with van der Waals surface area (Å²) in [4.78, 5) is 22.4. The average molecular weight is 242 g/mol. The van der Waals surface area contributed by atoms with Crippen LogP contribution in [0.1, 0.15) is 40.0 Å². The van der Waals surface area contributed by atoms with E-state index in [1.165, 1.54) is 0 Å². The van der Waals surface area contributed by atoms with Gasteiger partial charge in [-0.2, -0.15) is 0 Å². The maximum absolute atomic E-state index is 11.6. The van der Waals surface area contributed by atoms with Gasteiger partial charge in [0.05, 0.1) is 5.92 Å². The molecule has 1 rings (SSSR count). The molecule has 0 aromatic carbocycles. The monoisotopic (exact) mass is 242 g/mol. The van der Waals surface area contributed by atoms with E-state index in [0.717, 1.165) is 12.8 Å². The quantitative estimate of drug-likeness (QED) is 0.661. The molecule has 1 fully saturated rings. The Morgan fingerprint density at radius 1 is 1.41 bits per heavy atom. The number of carboxylic acid groups (broad SMARTS) is 1. The molecule has 5 heteroatoms. The predicted octanol–water partition coefficient (Wildman–Crippen LogP) is 1.58. The van der Waals surface area contributed by atoms with E-state index in [1.54, 1.807) is 6.92 Å². The second-order valence-corrected chi connectivity index (χ2v) is 5.27. The van der Waals surface area contributed by atoms with Crippen molar-refractivity contribution < 1.29 is 14.7 Å². The maximum atomic E-state index is 11.6. The molecule has 0 aromatic heterocycles. The van der Waals surface area contributed by atoms with Gasteiger partial charge in [0.15, 0.2) is 0 Å². The zero-order valence-corrected chi connectivity index (χ0v) is 10.7. The lowest BCUT2D eigenvalue weighted by atomic mass is 9.99. The number of hydrogen-bond donors (Lipinski definition) is 3. The second kappa shape index (κ2) is 5.38. The maximum Gasteiger partial charge on any atom is 0.315 e. The van der Waals surface area contributed by atoms with Crippen LogP contribution in [0.2, 0.25) is 0 Å². The van der Waals surface area contributed by atoms with E-state index in [2.05, 4.69) is 10.6 Å². The molecule has 3 N–H and O–H groups in total. The topological polar surface area (TPSA) is 78.4 Å². The summed E-state index contributed by atoms with van der Waals surface area (Å²) >= 11 is 0. The van der Waals surface area contributed by atoms with Crippen molar-refractivity contribution in [2.45, 2.75) is 45.6 Å². The smallest absolute Gasteiger partial charge is 0.315 e. The van der Waals surface area contributed by atoms with Gasteiger partial charge in [0, 0.05) is 12.1 Å². The summed E-state index contributed by atoms with van der Waals surface area (Å²) < 4.78 is 0. The van der Waals surface area contributed by atoms with Crippen molar-refractivity contribution in [3.8, 4) is 0 Å². The van der Waals surface area contributed by atoms with Crippen LogP contribution in [0.5, 0.6) is 0 Å². The van der Waals surface area contributed by atoms with E-state index in [9.17, 15) is 9.59 Å². The van der Waals surface area contributed by atoms with E-state index in [-0.39, 0.29) is 18.1 Å². The van der Waals surface area contributed by atoms with Crippen LogP contribution in [0, 0.1) is 11.8 Å². The molecule has 0 saturated heterocycles. The normalized spacial score (nSPS) is 17.4. The molecule has 0 bridgehead atoms. The van der Waals surface area contributed by atoms with Gasteiger partial charge in [0.1, 0.15) is 0 Å². The molecule has 5 nitrogen and oxygen atoms in total. The lowest BCUT2D eigenvalue weighted by molar-refractivity contribution is -0.141. The van der Waals surface area contributed by atoms with E-state index >= 15 is 0 Å². The third kappa shape index (κ3) is 4.24. The molecule has 0 spiro atoms. The number of nitrogens with one attached hydrogen (secondary N) is 2. The van der Waals surface area contributed by atoms with Crippen molar-refractivity contribution in [1.29, 1.82) is 0 Å². The highest BCUT2D eigenvalue weighted by Gasteiger charge is 2.38. The minimum Gasteiger partial charge on any atom is -0.481 e. The van der Waals surface area contributed by atoms with Gasteiger partial charge in [-0.1, -0.05) is 6.92 Å². The largest absolute Gasteiger partial charge is 0.481 e. The molecule has 1 atom stereocenters. The number of carbonyl (C=O) groups excluding carboxylic acids is 1. The van der Waals surface area contributed by atoms with Crippen LogP contribution in [-0.2, 0) is 4.79 Å². The molecule has 1 aliphatic rings. The SMILES string of the molecule is CCC(CNC(=O)NC(C)(C)C1CC1)C(=O)O. The van der Waals surface area contributed by atoms with Gasteiger partial charge < -0.3 is 15.7 Å². The minimum atomic E-state index is -0.866. The molecule has 1 saturated carbocycles. The Morgan fingerprint density at radius 2 is 2.00 bits per heavy atom. The lowest BCUT2D eigenvalue weighted by Crippen LogP contribution is -2.50. The zero-order valence-electron chi connectivity index (χ0n) is 10.7. The number of aliphatic carboxylic acids is 1. The Balaban J connectivity index is 2.31. The summed E-state index contributed by atoms with van der Waals surface area (Å²) in [7, 11) is 0. The first-order valence-corrected chi connectivity index (χ1v) is 6.15. The Labute approximate surface area is 102 Å². The van der Waals surface area contributed by atoms with Gasteiger partial charge in [0.25, 0.3) is 0 Å². The molecule has 0 heterocycles. The van der Waals surface area contributed by atoms with Crippen LogP contribution in [0.4, 0.5) is 4.79 Å². The number of carboxylic acids is 1. The summed E-state index contributed by atoms with van der Waals surface area (Å²) in [5, 5.41) is 14.4. The van der Waals surface area contributed by atoms with E-state index in [0.29, 0.717) is 12.3 Å². The molecule has 0 aliphatic heterocycles. The van der Waals surface area contributed by atoms with Crippen molar-refractivity contribution in [3.05, 3.63) is 0 Å². The second-order valence-electron chi connectivity index (χ2n) is 5.27. The first-order chi connectivity index (χ1) is 7.86. The summed E-state index contributed by atoms with van der Waals surface area (Å²) in [6.45, 7) is 5.97. The molecule has 0 radical (unpaired) electrons. The lowest BCUT2D eigenvalue weighted by Gasteiger charge is -2.26. The van der Waals surface area contributed by atoms with Crippen molar-refractivity contribution in [3.63, 3.8) is 0 Å². The molecular formula is C12H22N2O3. The van der Waals surface area contributed by atoms with E-state index in [4.69, 9.17) is 5.11 Å². The van der Waals surface area contributed by atoms with Crippen molar-refractivity contribution in [2.24, 2.45) is 11.8 Å². The van der Waals surface area contributed by atoms with Crippen molar-refractivity contribution in [1.82, 2.24) is 10.6 Å². The number of hydrogen-bond acceptors (Lipinski definition) is 2. The fourth-order valence-electron chi connectivity index (χ4n) is 1.87. The highest BCUT2D eigenvalue weighted by molar-refractivity contribution is 5.76. The molecule has 1 unspecified atom stereocenters. The van der Waals surface area contributed by atoms with E-state index < -0.39 is 11.9 Å². The highest BCUT2D eigenvalue weighted by Crippen LogP contribution is 2.39. The molecule has 98 valence electrons. The summed E-state index contributed by atoms with van der Waals surface area (Å²) in [5.74, 6) is -0.825. The van der Waals surface area contributed by atoms with Crippen LogP contribution in [0.25, 0.3) is 0 Å². The van der Waals surface area contributed by atoms with E-state index in [1.807, 2.05) is 13.8 Å². The Hall–Kier alpha value is -1.26. The summed E-state index contributed by atoms with van der Waals surface area (Å²) in [6, 6.07) is -0.276. The fourth-order valence-corrected chi connectivity index (χ4v) is 1.87. The number of urea groups is 1. The third-order valence-corrected chi connectivity index (χ3v) is 3.38. The van der Waals surface area contributed by atoms with Crippen molar-refractivity contribution in [2.75, 3.05) is 6.54 Å². The first kappa shape index (κ1) is 13.8.